The molecular formula is C20H40MoN4OS9. The minimum atomic E-state index is 0. The molecule has 0 aliphatic rings. The summed E-state index contributed by atoms with van der Waals surface area (Å²) in [6, 6.07) is 0. The van der Waals surface area contributed by atoms with Crippen LogP contribution in [0.2, 0.25) is 0 Å². The summed E-state index contributed by atoms with van der Waals surface area (Å²) < 4.78 is 9.72. The van der Waals surface area contributed by atoms with Crippen molar-refractivity contribution < 1.29 is 25.3 Å². The molecule has 0 unspecified atom stereocenters. The minimum Gasteiger partial charge on any atom is -0.412 e. The molecule has 0 atom stereocenters. The maximum Gasteiger partial charge on any atom is 4.00 e. The molecule has 0 heterocycles. The zero-order chi connectivity index (χ0) is 28.3. The SMILES string of the molecule is CC(C)CNC(=S)[S-].CC(C)CNC(=S)[S-].CC(C)CNC(=S)[S-].CC(C)CNC(=S)[S-].O=S.[Mo+4]. The third-order valence-corrected chi connectivity index (χ3v) is 3.77. The van der Waals surface area contributed by atoms with Crippen molar-refractivity contribution in [2.45, 2.75) is 55.4 Å². The van der Waals surface area contributed by atoms with Crippen LogP contribution in [0.4, 0.5) is 0 Å². The average molecular weight is 737 g/mol. The molecule has 0 rings (SSSR count). The summed E-state index contributed by atoms with van der Waals surface area (Å²) >= 11 is 39.8. The van der Waals surface area contributed by atoms with E-state index in [1.165, 1.54) is 0 Å². The monoisotopic (exact) mass is 738 g/mol. The predicted molar refractivity (Wildman–Crippen MR) is 179 cm³/mol. The Bertz CT molecular complexity index is 439. The van der Waals surface area contributed by atoms with Crippen LogP contribution < -0.4 is 21.3 Å². The molecule has 0 saturated heterocycles. The van der Waals surface area contributed by atoms with Crippen molar-refractivity contribution >= 4 is 129 Å². The van der Waals surface area contributed by atoms with Gasteiger partial charge in [0.1, 0.15) is 0 Å². The molecule has 0 aromatic carbocycles. The van der Waals surface area contributed by atoms with Crippen LogP contribution in [-0.2, 0) is 84.1 Å². The molecule has 0 bridgehead atoms. The molecule has 0 saturated carbocycles. The Morgan fingerprint density at radius 3 is 0.629 bits per heavy atom. The standard InChI is InChI=1S/4C5H11NS2.Mo.OS/c4*1-4(2)3-6-5(7)8;;1-2/h4*4H,3H2,1-2H3,(H2,6,7,8);;/q;;;;+4;/p-4. The van der Waals surface area contributed by atoms with Crippen molar-refractivity contribution in [1.82, 2.24) is 21.3 Å². The first-order valence-corrected chi connectivity index (χ1v) is 14.1. The quantitative estimate of drug-likeness (QED) is 0.166. The van der Waals surface area contributed by atoms with Crippen molar-refractivity contribution in [3.05, 3.63) is 0 Å². The number of rotatable bonds is 8. The van der Waals surface area contributed by atoms with E-state index in [2.05, 4.69) is 189 Å². The smallest absolute Gasteiger partial charge is 0.412 e. The zero-order valence-corrected chi connectivity index (χ0v) is 31.0. The van der Waals surface area contributed by atoms with Crippen LogP contribution in [0.5, 0.6) is 0 Å². The van der Waals surface area contributed by atoms with Gasteiger partial charge >= 0.3 is 21.1 Å². The van der Waals surface area contributed by atoms with E-state index < -0.39 is 0 Å². The van der Waals surface area contributed by atoms with E-state index in [-0.39, 0.29) is 21.1 Å². The normalized spacial score (nSPS) is 8.69. The van der Waals surface area contributed by atoms with E-state index in [1.807, 2.05) is 0 Å². The van der Waals surface area contributed by atoms with Crippen molar-refractivity contribution in [2.24, 2.45) is 23.7 Å². The Kier molecular flexibility index (Phi) is 52.4. The zero-order valence-electron chi connectivity index (χ0n) is 21.6. The molecule has 0 aliphatic heterocycles. The van der Waals surface area contributed by atoms with E-state index >= 15 is 0 Å². The minimum absolute atomic E-state index is 0. The average Bonchev–Trinajstić information content (AvgIpc) is 2.70. The number of nitrogens with one attached hydrogen (secondary N) is 4. The molecule has 5 nitrogen and oxygen atoms in total. The maximum absolute atomic E-state index is 7.83. The van der Waals surface area contributed by atoms with Crippen LogP contribution in [0.25, 0.3) is 0 Å². The van der Waals surface area contributed by atoms with Crippen molar-refractivity contribution in [1.29, 1.82) is 0 Å². The second-order valence-electron chi connectivity index (χ2n) is 8.25. The van der Waals surface area contributed by atoms with Gasteiger partial charge in [-0.3, -0.25) is 0 Å². The second kappa shape index (κ2) is 37.3. The van der Waals surface area contributed by atoms with Crippen LogP contribution in [0.1, 0.15) is 55.4 Å². The third-order valence-electron chi connectivity index (χ3n) is 2.62. The topological polar surface area (TPSA) is 65.2 Å². The van der Waals surface area contributed by atoms with E-state index in [9.17, 15) is 0 Å². The molecule has 0 spiro atoms. The van der Waals surface area contributed by atoms with E-state index in [0.29, 0.717) is 41.0 Å². The summed E-state index contributed by atoms with van der Waals surface area (Å²) in [5, 5.41) is 11.6. The van der Waals surface area contributed by atoms with Crippen LogP contribution in [0.15, 0.2) is 0 Å². The summed E-state index contributed by atoms with van der Waals surface area (Å²) in [5.74, 6) is 2.48. The Morgan fingerprint density at radius 1 is 0.486 bits per heavy atom. The van der Waals surface area contributed by atoms with E-state index in [0.717, 1.165) is 26.2 Å². The van der Waals surface area contributed by atoms with Crippen LogP contribution in [0, 0.1) is 23.7 Å². The molecule has 15 heteroatoms. The van der Waals surface area contributed by atoms with Gasteiger partial charge in [-0.15, -0.1) is 0 Å². The molecule has 206 valence electrons. The van der Waals surface area contributed by atoms with Crippen molar-refractivity contribution in [3.63, 3.8) is 0 Å². The first kappa shape index (κ1) is 49.1. The fourth-order valence-electron chi connectivity index (χ4n) is 1.15. The van der Waals surface area contributed by atoms with Gasteiger partial charge in [0.05, 0.1) is 0 Å². The van der Waals surface area contributed by atoms with Gasteiger partial charge in [0.2, 0.25) is 0 Å². The van der Waals surface area contributed by atoms with Gasteiger partial charge < -0.3 is 121 Å². The summed E-state index contributed by atoms with van der Waals surface area (Å²) in [6.07, 6.45) is 0. The van der Waals surface area contributed by atoms with E-state index in [4.69, 9.17) is 4.21 Å². The molecule has 0 radical (unpaired) electrons. The Hall–Kier alpha value is 1.15. The van der Waals surface area contributed by atoms with Gasteiger partial charge in [-0.2, -0.15) is 4.21 Å². The number of hydrogen-bond acceptors (Lipinski definition) is 10. The number of thiocarbonyl (C=S) groups is 4. The van der Waals surface area contributed by atoms with Crippen LogP contribution in [-0.4, -0.2) is 47.7 Å². The summed E-state index contributed by atoms with van der Waals surface area (Å²) in [5.41, 5.74) is 0. The molecule has 35 heavy (non-hydrogen) atoms. The largest absolute Gasteiger partial charge is 4.00 e. The molecule has 0 amide bonds. The Balaban J connectivity index is -0.0000000774. The van der Waals surface area contributed by atoms with Gasteiger partial charge in [-0.25, -0.2) is 0 Å². The van der Waals surface area contributed by atoms with Crippen molar-refractivity contribution in [2.75, 3.05) is 26.2 Å². The van der Waals surface area contributed by atoms with Gasteiger partial charge in [-0.05, 0) is 23.7 Å². The van der Waals surface area contributed by atoms with Gasteiger partial charge in [0, 0.05) is 26.2 Å². The van der Waals surface area contributed by atoms with Gasteiger partial charge in [-0.1, -0.05) is 72.7 Å². The molecular weight excluding hydrogens is 697 g/mol. The maximum atomic E-state index is 7.83. The van der Waals surface area contributed by atoms with Crippen molar-refractivity contribution in [3.8, 4) is 0 Å². The number of hydrogen-bond donors (Lipinski definition) is 4. The predicted octanol–water partition coefficient (Wildman–Crippen LogP) is 3.92. The van der Waals surface area contributed by atoms with Gasteiger partial charge in [0.15, 0.2) is 12.5 Å². The van der Waals surface area contributed by atoms with Gasteiger partial charge in [0.25, 0.3) is 0 Å². The summed E-state index contributed by atoms with van der Waals surface area (Å²) in [7, 11) is 0. The Labute approximate surface area is 278 Å². The third kappa shape index (κ3) is 86.4. The fraction of sp³-hybridized carbons (Fsp3) is 0.800. The van der Waals surface area contributed by atoms with Crippen LogP contribution >= 0.6 is 48.9 Å². The first-order chi connectivity index (χ1) is 15.5. The molecule has 0 aliphatic carbocycles. The molecule has 0 aromatic rings. The summed E-state index contributed by atoms with van der Waals surface area (Å²) in [6.45, 7) is 20.5. The molecule has 0 fully saturated rings. The van der Waals surface area contributed by atoms with Crippen LogP contribution in [0.3, 0.4) is 0 Å². The second-order valence-corrected chi connectivity index (χ2v) is 12.5. The molecule has 4 N–H and O–H groups in total. The molecule has 0 aromatic heterocycles. The van der Waals surface area contributed by atoms with E-state index in [1.54, 1.807) is 0 Å². The fourth-order valence-corrected chi connectivity index (χ4v) is 1.82. The first-order valence-electron chi connectivity index (χ1n) is 10.5. The Morgan fingerprint density at radius 2 is 0.600 bits per heavy atom. The summed E-state index contributed by atoms with van der Waals surface area (Å²) in [4.78, 5) is 0.